The standard InChI is InChI=1S/C23H21Cl2N3O2/c1-3-22(30)28(2)20-10-7-16(13-18(20)24)19-9-6-17(14-27-19)21(29)11-8-15-5-4-12-26-23(15)25/h4-7,9-10,12-14H,3,8,11H2,1-2H3. The van der Waals surface area contributed by atoms with Gasteiger partial charge >= 0.3 is 0 Å². The summed E-state index contributed by atoms with van der Waals surface area (Å²) < 4.78 is 0. The van der Waals surface area contributed by atoms with Crippen LogP contribution >= 0.6 is 23.2 Å². The van der Waals surface area contributed by atoms with E-state index in [2.05, 4.69) is 9.97 Å². The van der Waals surface area contributed by atoms with E-state index in [1.54, 1.807) is 56.7 Å². The maximum Gasteiger partial charge on any atom is 0.226 e. The van der Waals surface area contributed by atoms with Crippen LogP contribution < -0.4 is 4.90 Å². The molecular weight excluding hydrogens is 421 g/mol. The zero-order chi connectivity index (χ0) is 21.7. The lowest BCUT2D eigenvalue weighted by atomic mass is 10.0. The Bertz CT molecular complexity index is 1070. The van der Waals surface area contributed by atoms with Gasteiger partial charge in [-0.15, -0.1) is 0 Å². The largest absolute Gasteiger partial charge is 0.314 e. The summed E-state index contributed by atoms with van der Waals surface area (Å²) in [5, 5.41) is 0.887. The first-order valence-corrected chi connectivity index (χ1v) is 10.3. The number of halogens is 2. The second kappa shape index (κ2) is 9.83. The number of rotatable bonds is 7. The first kappa shape index (κ1) is 21.9. The lowest BCUT2D eigenvalue weighted by molar-refractivity contribution is -0.118. The summed E-state index contributed by atoms with van der Waals surface area (Å²) in [7, 11) is 1.70. The highest BCUT2D eigenvalue weighted by Crippen LogP contribution is 2.30. The fraction of sp³-hybridized carbons (Fsp3) is 0.217. The molecule has 1 aromatic carbocycles. The Morgan fingerprint density at radius 2 is 1.87 bits per heavy atom. The van der Waals surface area contributed by atoms with Crippen LogP contribution in [0.4, 0.5) is 5.69 Å². The fourth-order valence-electron chi connectivity index (χ4n) is 3.04. The van der Waals surface area contributed by atoms with Crippen LogP contribution in [0.3, 0.4) is 0 Å². The maximum absolute atomic E-state index is 12.5. The third-order valence-electron chi connectivity index (χ3n) is 4.82. The molecule has 2 aromatic heterocycles. The van der Waals surface area contributed by atoms with Crippen LogP contribution in [-0.2, 0) is 11.2 Å². The van der Waals surface area contributed by atoms with E-state index in [4.69, 9.17) is 23.2 Å². The van der Waals surface area contributed by atoms with E-state index in [-0.39, 0.29) is 11.7 Å². The molecule has 3 aromatic rings. The number of aromatic nitrogens is 2. The van der Waals surface area contributed by atoms with Gasteiger partial charge in [-0.25, -0.2) is 4.98 Å². The topological polar surface area (TPSA) is 63.2 Å². The van der Waals surface area contributed by atoms with Crippen molar-refractivity contribution in [1.82, 2.24) is 9.97 Å². The zero-order valence-corrected chi connectivity index (χ0v) is 18.2. The molecule has 30 heavy (non-hydrogen) atoms. The van der Waals surface area contributed by atoms with Gasteiger partial charge in [-0.2, -0.15) is 0 Å². The minimum absolute atomic E-state index is 0.0120. The molecule has 0 atom stereocenters. The molecule has 0 aliphatic heterocycles. The first-order valence-electron chi connectivity index (χ1n) is 9.55. The Morgan fingerprint density at radius 3 is 2.50 bits per heavy atom. The highest BCUT2D eigenvalue weighted by molar-refractivity contribution is 6.34. The van der Waals surface area contributed by atoms with Crippen LogP contribution in [-0.4, -0.2) is 28.7 Å². The Hall–Kier alpha value is -2.76. The second-order valence-corrected chi connectivity index (χ2v) is 7.55. The Morgan fingerprint density at radius 1 is 1.07 bits per heavy atom. The van der Waals surface area contributed by atoms with E-state index in [0.29, 0.717) is 46.4 Å². The minimum atomic E-state index is -0.0155. The molecule has 5 nitrogen and oxygen atoms in total. The molecule has 0 unspecified atom stereocenters. The van der Waals surface area contributed by atoms with Crippen molar-refractivity contribution in [3.8, 4) is 11.3 Å². The molecule has 0 radical (unpaired) electrons. The molecule has 0 aliphatic rings. The fourth-order valence-corrected chi connectivity index (χ4v) is 3.56. The molecular formula is C23H21Cl2N3O2. The second-order valence-electron chi connectivity index (χ2n) is 6.78. The van der Waals surface area contributed by atoms with Gasteiger partial charge in [-0.05, 0) is 42.3 Å². The van der Waals surface area contributed by atoms with Crippen molar-refractivity contribution in [3.05, 3.63) is 76.2 Å². The van der Waals surface area contributed by atoms with Crippen molar-refractivity contribution in [1.29, 1.82) is 0 Å². The van der Waals surface area contributed by atoms with E-state index in [9.17, 15) is 9.59 Å². The molecule has 0 bridgehead atoms. The number of ketones is 1. The van der Waals surface area contributed by atoms with E-state index in [0.717, 1.165) is 11.1 Å². The van der Waals surface area contributed by atoms with Crippen molar-refractivity contribution in [2.75, 3.05) is 11.9 Å². The summed E-state index contributed by atoms with van der Waals surface area (Å²) in [6.45, 7) is 1.80. The van der Waals surface area contributed by atoms with E-state index in [1.807, 2.05) is 12.1 Å². The summed E-state index contributed by atoms with van der Waals surface area (Å²) in [4.78, 5) is 34.3. The smallest absolute Gasteiger partial charge is 0.226 e. The molecule has 3 rings (SSSR count). The maximum atomic E-state index is 12.5. The van der Waals surface area contributed by atoms with Gasteiger partial charge in [-0.3, -0.25) is 14.6 Å². The molecule has 0 fully saturated rings. The minimum Gasteiger partial charge on any atom is -0.314 e. The van der Waals surface area contributed by atoms with Gasteiger partial charge in [-0.1, -0.05) is 42.3 Å². The number of nitrogens with zero attached hydrogens (tertiary/aromatic N) is 3. The van der Waals surface area contributed by atoms with E-state index in [1.165, 1.54) is 4.90 Å². The number of hydrogen-bond donors (Lipinski definition) is 0. The van der Waals surface area contributed by atoms with Crippen LogP contribution in [0.5, 0.6) is 0 Å². The first-order chi connectivity index (χ1) is 14.4. The SMILES string of the molecule is CCC(=O)N(C)c1ccc(-c2ccc(C(=O)CCc3cccnc3Cl)cn2)cc1Cl. The highest BCUT2D eigenvalue weighted by Gasteiger charge is 2.14. The number of Topliss-reactive ketones (excluding diaryl/α,β-unsaturated/α-hetero) is 1. The van der Waals surface area contributed by atoms with E-state index < -0.39 is 0 Å². The zero-order valence-electron chi connectivity index (χ0n) is 16.7. The number of hydrogen-bond acceptors (Lipinski definition) is 4. The van der Waals surface area contributed by atoms with Crippen LogP contribution in [0.15, 0.2) is 54.9 Å². The molecule has 0 saturated carbocycles. The average Bonchev–Trinajstić information content (AvgIpc) is 2.77. The Balaban J connectivity index is 1.71. The number of anilines is 1. The van der Waals surface area contributed by atoms with Gasteiger partial charge in [0.25, 0.3) is 0 Å². The molecule has 0 N–H and O–H groups in total. The predicted octanol–water partition coefficient (Wildman–Crippen LogP) is 5.64. The number of carbonyl (C=O) groups excluding carboxylic acids is 2. The van der Waals surface area contributed by atoms with Crippen LogP contribution in [0, 0.1) is 0 Å². The lowest BCUT2D eigenvalue weighted by Crippen LogP contribution is -2.25. The molecule has 2 heterocycles. The van der Waals surface area contributed by atoms with Crippen LogP contribution in [0.1, 0.15) is 35.7 Å². The van der Waals surface area contributed by atoms with Crippen molar-refractivity contribution in [2.24, 2.45) is 0 Å². The Kier molecular flexibility index (Phi) is 7.19. The van der Waals surface area contributed by atoms with Gasteiger partial charge < -0.3 is 4.90 Å². The highest BCUT2D eigenvalue weighted by atomic mass is 35.5. The van der Waals surface area contributed by atoms with Crippen molar-refractivity contribution in [2.45, 2.75) is 26.2 Å². The van der Waals surface area contributed by atoms with Gasteiger partial charge in [0, 0.05) is 43.4 Å². The van der Waals surface area contributed by atoms with Gasteiger partial charge in [0.2, 0.25) is 5.91 Å². The van der Waals surface area contributed by atoms with Crippen molar-refractivity contribution in [3.63, 3.8) is 0 Å². The van der Waals surface area contributed by atoms with Gasteiger partial charge in [0.15, 0.2) is 5.78 Å². The third-order valence-corrected chi connectivity index (χ3v) is 5.47. The Labute approximate surface area is 185 Å². The molecule has 154 valence electrons. The molecule has 1 amide bonds. The molecule has 0 aliphatic carbocycles. The lowest BCUT2D eigenvalue weighted by Gasteiger charge is -2.18. The predicted molar refractivity (Wildman–Crippen MR) is 120 cm³/mol. The molecule has 0 spiro atoms. The van der Waals surface area contributed by atoms with Gasteiger partial charge in [0.1, 0.15) is 5.15 Å². The van der Waals surface area contributed by atoms with E-state index >= 15 is 0 Å². The van der Waals surface area contributed by atoms with Crippen molar-refractivity contribution < 1.29 is 9.59 Å². The summed E-state index contributed by atoms with van der Waals surface area (Å²) in [5.74, 6) is -0.0275. The monoisotopic (exact) mass is 441 g/mol. The summed E-state index contributed by atoms with van der Waals surface area (Å²) in [6.07, 6.45) is 4.43. The van der Waals surface area contributed by atoms with Crippen molar-refractivity contribution >= 4 is 40.6 Å². The number of pyridine rings is 2. The number of carbonyl (C=O) groups is 2. The summed E-state index contributed by atoms with van der Waals surface area (Å²) >= 11 is 12.4. The number of aryl methyl sites for hydroxylation is 1. The molecule has 7 heteroatoms. The van der Waals surface area contributed by atoms with Crippen LogP contribution in [0.2, 0.25) is 10.2 Å². The number of amides is 1. The number of benzene rings is 1. The summed E-state index contributed by atoms with van der Waals surface area (Å²) in [6, 6.07) is 12.6. The van der Waals surface area contributed by atoms with Gasteiger partial charge in [0.05, 0.1) is 16.4 Å². The quantitative estimate of drug-likeness (QED) is 0.351. The molecule has 0 saturated heterocycles. The van der Waals surface area contributed by atoms with Crippen LogP contribution in [0.25, 0.3) is 11.3 Å². The third kappa shape index (κ3) is 5.04. The average molecular weight is 442 g/mol. The summed E-state index contributed by atoms with van der Waals surface area (Å²) in [5.41, 5.74) is 3.53. The normalized spacial score (nSPS) is 10.7.